The number of nitrogens with zero attached hydrogens (tertiary/aromatic N) is 3. The molecule has 1 aliphatic rings. The van der Waals surface area contributed by atoms with E-state index in [0.29, 0.717) is 5.02 Å². The molecule has 3 rings (SSSR count). The van der Waals surface area contributed by atoms with E-state index in [1.807, 2.05) is 13.0 Å². The molecule has 0 radical (unpaired) electrons. The highest BCUT2D eigenvalue weighted by Gasteiger charge is 2.35. The van der Waals surface area contributed by atoms with Crippen LogP contribution in [0.1, 0.15) is 50.7 Å². The lowest BCUT2D eigenvalue weighted by atomic mass is 10.00. The van der Waals surface area contributed by atoms with Gasteiger partial charge in [-0.3, -0.25) is 0 Å². The molecular formula is C14H17Cl2N3. The quantitative estimate of drug-likeness (QED) is 0.754. The minimum Gasteiger partial charge on any atom is -0.306 e. The maximum absolute atomic E-state index is 6.32. The number of aromatic nitrogens is 3. The Balaban J connectivity index is 2.28. The van der Waals surface area contributed by atoms with E-state index in [9.17, 15) is 0 Å². The molecule has 5 heteroatoms. The zero-order valence-electron chi connectivity index (χ0n) is 11.2. The van der Waals surface area contributed by atoms with Crippen LogP contribution >= 0.6 is 23.2 Å². The molecule has 1 aliphatic carbocycles. The van der Waals surface area contributed by atoms with E-state index >= 15 is 0 Å². The van der Waals surface area contributed by atoms with Crippen molar-refractivity contribution in [2.24, 2.45) is 0 Å². The van der Waals surface area contributed by atoms with Gasteiger partial charge in [0.1, 0.15) is 11.3 Å². The first-order valence-corrected chi connectivity index (χ1v) is 7.51. The molecule has 2 aromatic rings. The molecule has 0 amide bonds. The molecule has 2 heterocycles. The second-order valence-corrected chi connectivity index (χ2v) is 6.71. The first kappa shape index (κ1) is 13.2. The Labute approximate surface area is 122 Å². The third kappa shape index (κ3) is 2.13. The van der Waals surface area contributed by atoms with Crippen LogP contribution in [0.15, 0.2) is 12.3 Å². The maximum Gasteiger partial charge on any atom is 0.160 e. The highest BCUT2D eigenvalue weighted by atomic mass is 35.5. The van der Waals surface area contributed by atoms with Crippen molar-refractivity contribution in [2.75, 3.05) is 0 Å². The molecule has 0 N–H and O–H groups in total. The number of pyridine rings is 1. The van der Waals surface area contributed by atoms with Crippen LogP contribution < -0.4 is 0 Å². The Morgan fingerprint density at radius 3 is 2.68 bits per heavy atom. The number of hydrogen-bond acceptors (Lipinski definition) is 2. The average Bonchev–Trinajstić information content (AvgIpc) is 2.93. The van der Waals surface area contributed by atoms with Crippen LogP contribution in [-0.2, 0) is 5.54 Å². The average molecular weight is 298 g/mol. The van der Waals surface area contributed by atoms with Crippen LogP contribution in [0.25, 0.3) is 11.2 Å². The lowest BCUT2D eigenvalue weighted by Gasteiger charge is -2.28. The first-order valence-electron chi connectivity index (χ1n) is 6.70. The van der Waals surface area contributed by atoms with Crippen LogP contribution in [0.5, 0.6) is 0 Å². The molecule has 0 bridgehead atoms. The second-order valence-electron chi connectivity index (χ2n) is 5.62. The summed E-state index contributed by atoms with van der Waals surface area (Å²) in [5.74, 6) is 0.899. The monoisotopic (exact) mass is 297 g/mol. The first-order chi connectivity index (χ1) is 9.01. The normalized spacial score (nSPS) is 20.0. The van der Waals surface area contributed by atoms with Gasteiger partial charge in [0.15, 0.2) is 5.65 Å². The van der Waals surface area contributed by atoms with Crippen molar-refractivity contribution in [3.8, 4) is 0 Å². The van der Waals surface area contributed by atoms with Gasteiger partial charge >= 0.3 is 0 Å². The van der Waals surface area contributed by atoms with Crippen molar-refractivity contribution in [1.29, 1.82) is 0 Å². The number of fused-ring (bicyclic) bond motifs is 1. The van der Waals surface area contributed by atoms with Gasteiger partial charge in [0, 0.05) is 11.7 Å². The summed E-state index contributed by atoms with van der Waals surface area (Å²) in [4.78, 5) is 9.13. The van der Waals surface area contributed by atoms with Crippen LogP contribution in [0.3, 0.4) is 0 Å². The van der Waals surface area contributed by atoms with Crippen LogP contribution in [-0.4, -0.2) is 14.5 Å². The van der Waals surface area contributed by atoms with Crippen molar-refractivity contribution >= 4 is 34.4 Å². The number of hydrogen-bond donors (Lipinski definition) is 0. The summed E-state index contributed by atoms with van der Waals surface area (Å²) in [5.41, 5.74) is 1.81. The van der Waals surface area contributed by atoms with E-state index in [0.717, 1.165) is 29.8 Å². The van der Waals surface area contributed by atoms with Gasteiger partial charge in [-0.05, 0) is 32.8 Å². The van der Waals surface area contributed by atoms with Crippen LogP contribution in [0.2, 0.25) is 5.02 Å². The van der Waals surface area contributed by atoms with Crippen molar-refractivity contribution in [1.82, 2.24) is 14.5 Å². The van der Waals surface area contributed by atoms with Crippen molar-refractivity contribution in [3.05, 3.63) is 23.1 Å². The molecule has 0 spiro atoms. The lowest BCUT2D eigenvalue weighted by molar-refractivity contribution is 0.326. The summed E-state index contributed by atoms with van der Waals surface area (Å²) < 4.78 is 2.24. The molecule has 3 nitrogen and oxygen atoms in total. The molecule has 0 aliphatic heterocycles. The zero-order chi connectivity index (χ0) is 13.6. The summed E-state index contributed by atoms with van der Waals surface area (Å²) in [6, 6.07) is 1.86. The lowest BCUT2D eigenvalue weighted by Crippen LogP contribution is -2.28. The summed E-state index contributed by atoms with van der Waals surface area (Å²) in [7, 11) is 0. The van der Waals surface area contributed by atoms with Gasteiger partial charge in [0.2, 0.25) is 0 Å². The van der Waals surface area contributed by atoms with Crippen molar-refractivity contribution < 1.29 is 0 Å². The van der Waals surface area contributed by atoms with Gasteiger partial charge in [0.25, 0.3) is 0 Å². The van der Waals surface area contributed by atoms with E-state index in [-0.39, 0.29) is 10.9 Å². The molecule has 102 valence electrons. The predicted molar refractivity (Wildman–Crippen MR) is 78.9 cm³/mol. The Hall–Kier alpha value is -0.800. The third-order valence-electron chi connectivity index (χ3n) is 4.07. The van der Waals surface area contributed by atoms with Crippen molar-refractivity contribution in [3.63, 3.8) is 0 Å². The fourth-order valence-electron chi connectivity index (χ4n) is 3.12. The number of imidazole rings is 1. The Morgan fingerprint density at radius 2 is 2.05 bits per heavy atom. The van der Waals surface area contributed by atoms with Gasteiger partial charge in [-0.2, -0.15) is 0 Å². The van der Waals surface area contributed by atoms with Crippen LogP contribution in [0, 0.1) is 0 Å². The Bertz CT molecular complexity index is 612. The van der Waals surface area contributed by atoms with Crippen molar-refractivity contribution in [2.45, 2.75) is 50.4 Å². The van der Waals surface area contributed by atoms with Gasteiger partial charge < -0.3 is 4.57 Å². The number of halogens is 2. The SMILES string of the molecule is CC(Cl)c1nc2cc(Cl)cnc2n1C1(C)CCCC1. The molecule has 0 aromatic carbocycles. The molecule has 1 fully saturated rings. The second kappa shape index (κ2) is 4.64. The summed E-state index contributed by atoms with van der Waals surface area (Å²) in [6.45, 7) is 4.24. The third-order valence-corrected chi connectivity index (χ3v) is 4.47. The fourth-order valence-corrected chi connectivity index (χ4v) is 3.42. The van der Waals surface area contributed by atoms with Gasteiger partial charge in [-0.15, -0.1) is 11.6 Å². The van der Waals surface area contributed by atoms with E-state index in [2.05, 4.69) is 21.5 Å². The van der Waals surface area contributed by atoms with E-state index in [4.69, 9.17) is 23.2 Å². The number of alkyl halides is 1. The molecule has 19 heavy (non-hydrogen) atoms. The highest BCUT2D eigenvalue weighted by molar-refractivity contribution is 6.31. The van der Waals surface area contributed by atoms with Gasteiger partial charge in [-0.25, -0.2) is 9.97 Å². The zero-order valence-corrected chi connectivity index (χ0v) is 12.7. The molecular weight excluding hydrogens is 281 g/mol. The van der Waals surface area contributed by atoms with E-state index < -0.39 is 0 Å². The Kier molecular flexibility index (Phi) is 3.22. The number of rotatable bonds is 2. The van der Waals surface area contributed by atoms with E-state index in [1.165, 1.54) is 12.8 Å². The molecule has 2 aromatic heterocycles. The topological polar surface area (TPSA) is 30.7 Å². The summed E-state index contributed by atoms with van der Waals surface area (Å²) >= 11 is 12.3. The highest BCUT2D eigenvalue weighted by Crippen LogP contribution is 2.40. The minimum absolute atomic E-state index is 0.0774. The van der Waals surface area contributed by atoms with Crippen LogP contribution in [0.4, 0.5) is 0 Å². The maximum atomic E-state index is 6.32. The standard InChI is InChI=1S/C14H17Cl2N3/c1-9(15)12-18-11-7-10(16)8-17-13(11)19(12)14(2)5-3-4-6-14/h7-9H,3-6H2,1-2H3. The fraction of sp³-hybridized carbons (Fsp3) is 0.571. The summed E-state index contributed by atoms with van der Waals surface area (Å²) in [6.07, 6.45) is 6.49. The molecule has 0 saturated heterocycles. The smallest absolute Gasteiger partial charge is 0.160 e. The largest absolute Gasteiger partial charge is 0.306 e. The molecule has 1 atom stereocenters. The molecule has 1 saturated carbocycles. The predicted octanol–water partition coefficient (Wildman–Crippen LogP) is 4.67. The van der Waals surface area contributed by atoms with Gasteiger partial charge in [0.05, 0.1) is 10.4 Å². The van der Waals surface area contributed by atoms with Gasteiger partial charge in [-0.1, -0.05) is 24.4 Å². The Morgan fingerprint density at radius 1 is 1.37 bits per heavy atom. The minimum atomic E-state index is -0.134. The van der Waals surface area contributed by atoms with E-state index in [1.54, 1.807) is 6.20 Å². The molecule has 1 unspecified atom stereocenters. The summed E-state index contributed by atoms with van der Waals surface area (Å²) in [5, 5.41) is 0.480.